The van der Waals surface area contributed by atoms with Gasteiger partial charge in [0.05, 0.1) is 16.1 Å². The number of nitrogens with one attached hydrogen (secondary N) is 1. The van der Waals surface area contributed by atoms with Crippen molar-refractivity contribution in [1.82, 2.24) is 20.2 Å². The minimum Gasteiger partial charge on any atom is -0.289 e. The van der Waals surface area contributed by atoms with Crippen LogP contribution in [-0.2, 0) is 23.1 Å². The lowest BCUT2D eigenvalue weighted by atomic mass is 9.75. The average Bonchev–Trinajstić information content (AvgIpc) is 3.20. The van der Waals surface area contributed by atoms with E-state index in [0.29, 0.717) is 27.7 Å². The van der Waals surface area contributed by atoms with Gasteiger partial charge in [0, 0.05) is 18.8 Å². The molecule has 27 heavy (non-hydrogen) atoms. The Hall–Kier alpha value is -2.77. The summed E-state index contributed by atoms with van der Waals surface area (Å²) in [6.07, 6.45) is 3.90. The molecule has 138 valence electrons. The topological polar surface area (TPSA) is 80.0 Å². The van der Waals surface area contributed by atoms with Gasteiger partial charge < -0.3 is 0 Å². The molecule has 8 heteroatoms. The number of aromatic nitrogens is 3. The van der Waals surface area contributed by atoms with Crippen LogP contribution in [0.25, 0.3) is 5.82 Å². The summed E-state index contributed by atoms with van der Waals surface area (Å²) >= 11 is 6.18. The van der Waals surface area contributed by atoms with Crippen molar-refractivity contribution in [3.8, 4) is 5.82 Å². The van der Waals surface area contributed by atoms with Crippen molar-refractivity contribution in [2.24, 2.45) is 0 Å². The molecule has 2 aromatic heterocycles. The van der Waals surface area contributed by atoms with Crippen molar-refractivity contribution in [3.63, 3.8) is 0 Å². The lowest BCUT2D eigenvalue weighted by Gasteiger charge is -2.28. The van der Waals surface area contributed by atoms with E-state index in [9.17, 15) is 14.4 Å². The highest BCUT2D eigenvalue weighted by atomic mass is 35.5. The summed E-state index contributed by atoms with van der Waals surface area (Å²) in [7, 11) is 0. The minimum absolute atomic E-state index is 0.233. The first kappa shape index (κ1) is 17.6. The number of hydrogen-bond donors (Lipinski definition) is 2. The van der Waals surface area contributed by atoms with Gasteiger partial charge in [0.1, 0.15) is 5.82 Å². The van der Waals surface area contributed by atoms with Gasteiger partial charge in [-0.15, -0.1) is 0 Å². The first-order chi connectivity index (χ1) is 13.0. The third kappa shape index (κ3) is 2.70. The van der Waals surface area contributed by atoms with E-state index in [1.54, 1.807) is 53.7 Å². The number of halogens is 2. The van der Waals surface area contributed by atoms with Gasteiger partial charge in [0.25, 0.3) is 5.91 Å². The van der Waals surface area contributed by atoms with Gasteiger partial charge in [0.2, 0.25) is 0 Å². The highest BCUT2D eigenvalue weighted by molar-refractivity contribution is 6.32. The smallest absolute Gasteiger partial charge is 0.254 e. The van der Waals surface area contributed by atoms with Crippen LogP contribution in [-0.4, -0.2) is 25.9 Å². The summed E-state index contributed by atoms with van der Waals surface area (Å²) in [6.45, 7) is 1.63. The Kier molecular flexibility index (Phi) is 4.20. The number of carbonyl (C=O) groups excluding carboxylic acids is 1. The molecule has 3 aromatic rings. The lowest BCUT2D eigenvalue weighted by molar-refractivity contribution is -0.135. The van der Waals surface area contributed by atoms with E-state index >= 15 is 0 Å². The second kappa shape index (κ2) is 6.44. The Balaban J connectivity index is 1.78. The van der Waals surface area contributed by atoms with Gasteiger partial charge in [0.15, 0.2) is 5.82 Å². The van der Waals surface area contributed by atoms with Gasteiger partial charge in [-0.3, -0.25) is 10.0 Å². The van der Waals surface area contributed by atoms with Gasteiger partial charge in [-0.2, -0.15) is 5.10 Å². The molecule has 1 aliphatic carbocycles. The van der Waals surface area contributed by atoms with Crippen LogP contribution in [0.2, 0.25) is 5.02 Å². The zero-order valence-corrected chi connectivity index (χ0v) is 15.2. The Bertz CT molecular complexity index is 1030. The lowest BCUT2D eigenvalue weighted by Crippen LogP contribution is -2.45. The Morgan fingerprint density at radius 3 is 2.85 bits per heavy atom. The van der Waals surface area contributed by atoms with Crippen LogP contribution in [0.3, 0.4) is 0 Å². The van der Waals surface area contributed by atoms with Crippen LogP contribution in [0.15, 0.2) is 42.7 Å². The van der Waals surface area contributed by atoms with Crippen LogP contribution >= 0.6 is 11.6 Å². The second-order valence-electron chi connectivity index (χ2n) is 6.64. The predicted molar refractivity (Wildman–Crippen MR) is 96.5 cm³/mol. The molecule has 6 nitrogen and oxygen atoms in total. The molecule has 0 spiro atoms. The van der Waals surface area contributed by atoms with Crippen LogP contribution in [0, 0.1) is 12.7 Å². The zero-order valence-electron chi connectivity index (χ0n) is 14.4. The molecule has 0 aliphatic heterocycles. The summed E-state index contributed by atoms with van der Waals surface area (Å²) in [6, 6.07) is 8.07. The summed E-state index contributed by atoms with van der Waals surface area (Å²) in [5.41, 5.74) is 3.05. The average molecular weight is 387 g/mol. The fraction of sp³-hybridized carbons (Fsp3) is 0.211. The summed E-state index contributed by atoms with van der Waals surface area (Å²) < 4.78 is 15.7. The summed E-state index contributed by atoms with van der Waals surface area (Å²) in [5, 5.41) is 14.3. The van der Waals surface area contributed by atoms with Gasteiger partial charge >= 0.3 is 0 Å². The molecule has 0 unspecified atom stereocenters. The highest BCUT2D eigenvalue weighted by Gasteiger charge is 2.48. The molecule has 1 aromatic carbocycles. The van der Waals surface area contributed by atoms with Crippen molar-refractivity contribution < 1.29 is 14.4 Å². The third-order valence-corrected chi connectivity index (χ3v) is 5.41. The second-order valence-corrected chi connectivity index (χ2v) is 7.05. The standard InChI is InChI=1S/C19H16ClFN4O2/c1-11-13(4-2-6-15(11)21)19(18(26)24-27)8-12-10-25(23-16(12)9-19)17-14(20)5-3-7-22-17/h2-7,10,27H,8-9H2,1H3,(H,24,26)/t19-/m0/s1. The predicted octanol–water partition coefficient (Wildman–Crippen LogP) is 2.91. The van der Waals surface area contributed by atoms with E-state index in [1.807, 2.05) is 0 Å². The third-order valence-electron chi connectivity index (χ3n) is 5.11. The molecule has 1 atom stereocenters. The fourth-order valence-corrected chi connectivity index (χ4v) is 3.98. The van der Waals surface area contributed by atoms with Crippen LogP contribution < -0.4 is 5.48 Å². The molecule has 2 N–H and O–H groups in total. The van der Waals surface area contributed by atoms with Crippen molar-refractivity contribution in [2.45, 2.75) is 25.2 Å². The Morgan fingerprint density at radius 1 is 1.33 bits per heavy atom. The van der Waals surface area contributed by atoms with Gasteiger partial charge in [-0.05, 0) is 48.2 Å². The fourth-order valence-electron chi connectivity index (χ4n) is 3.78. The molecule has 0 saturated heterocycles. The summed E-state index contributed by atoms with van der Waals surface area (Å²) in [5.74, 6) is -0.489. The van der Waals surface area contributed by atoms with Gasteiger partial charge in [-0.25, -0.2) is 19.5 Å². The van der Waals surface area contributed by atoms with E-state index in [0.717, 1.165) is 5.56 Å². The van der Waals surface area contributed by atoms with E-state index in [1.165, 1.54) is 6.07 Å². The SMILES string of the molecule is Cc1c(F)cccc1[C@]1(C(=O)NO)Cc2cn(-c3ncccc3Cl)nc2C1. The Labute approximate surface area is 159 Å². The number of benzene rings is 1. The van der Waals surface area contributed by atoms with Crippen LogP contribution in [0.1, 0.15) is 22.4 Å². The first-order valence-corrected chi connectivity index (χ1v) is 8.72. The molecular weight excluding hydrogens is 371 g/mol. The van der Waals surface area contributed by atoms with Crippen molar-refractivity contribution in [1.29, 1.82) is 0 Å². The van der Waals surface area contributed by atoms with Crippen molar-refractivity contribution >= 4 is 17.5 Å². The summed E-state index contributed by atoms with van der Waals surface area (Å²) in [4.78, 5) is 16.9. The number of rotatable bonds is 3. The maximum Gasteiger partial charge on any atom is 0.254 e. The van der Waals surface area contributed by atoms with Crippen molar-refractivity contribution in [2.75, 3.05) is 0 Å². The number of hydroxylamine groups is 1. The number of nitrogens with zero attached hydrogens (tertiary/aromatic N) is 3. The molecule has 0 saturated carbocycles. The molecule has 0 bridgehead atoms. The van der Waals surface area contributed by atoms with Gasteiger partial charge in [-0.1, -0.05) is 23.7 Å². The molecule has 2 heterocycles. The number of amides is 1. The number of fused-ring (bicyclic) bond motifs is 1. The molecule has 0 radical (unpaired) electrons. The number of hydrogen-bond acceptors (Lipinski definition) is 4. The van der Waals surface area contributed by atoms with Crippen LogP contribution in [0.5, 0.6) is 0 Å². The van der Waals surface area contributed by atoms with E-state index in [4.69, 9.17) is 11.6 Å². The minimum atomic E-state index is -1.12. The van der Waals surface area contributed by atoms with Crippen molar-refractivity contribution in [3.05, 3.63) is 75.9 Å². The van der Waals surface area contributed by atoms with E-state index in [-0.39, 0.29) is 12.8 Å². The molecule has 1 aliphatic rings. The maximum absolute atomic E-state index is 14.1. The van der Waals surface area contributed by atoms with Crippen LogP contribution in [0.4, 0.5) is 4.39 Å². The Morgan fingerprint density at radius 2 is 2.15 bits per heavy atom. The normalized spacial score (nSPS) is 18.4. The first-order valence-electron chi connectivity index (χ1n) is 8.35. The zero-order chi connectivity index (χ0) is 19.2. The largest absolute Gasteiger partial charge is 0.289 e. The van der Waals surface area contributed by atoms with E-state index in [2.05, 4.69) is 10.1 Å². The molecular formula is C19H16ClFN4O2. The highest BCUT2D eigenvalue weighted by Crippen LogP contribution is 2.41. The van der Waals surface area contributed by atoms with E-state index < -0.39 is 17.1 Å². The molecule has 0 fully saturated rings. The maximum atomic E-state index is 14.1. The number of pyridine rings is 1. The monoisotopic (exact) mass is 386 g/mol. The molecule has 4 rings (SSSR count). The quantitative estimate of drug-likeness (QED) is 0.536. The number of carbonyl (C=O) groups is 1. The molecule has 1 amide bonds.